The summed E-state index contributed by atoms with van der Waals surface area (Å²) in [4.78, 5) is 74.8. The molecule has 16 nitrogen and oxygen atoms in total. The average Bonchev–Trinajstić information content (AvgIpc) is 3.40. The molecule has 0 aromatic carbocycles. The van der Waals surface area contributed by atoms with E-state index in [1.165, 1.54) is 0 Å². The number of carboxylic acid groups (broad SMARTS) is 4. The smallest absolute Gasteiger partial charge is 0.326 e. The molecule has 0 aliphatic rings. The zero-order valence-corrected chi connectivity index (χ0v) is 26.6. The van der Waals surface area contributed by atoms with Gasteiger partial charge in [-0.25, -0.2) is 19.4 Å². The molecule has 16 heteroatoms. The number of hydrogen-bond acceptors (Lipinski definition) is 8. The lowest BCUT2D eigenvalue weighted by Gasteiger charge is -2.18. The van der Waals surface area contributed by atoms with Gasteiger partial charge in [-0.2, -0.15) is 0 Å². The van der Waals surface area contributed by atoms with E-state index in [-0.39, 0.29) is 25.3 Å². The van der Waals surface area contributed by atoms with E-state index in [0.717, 1.165) is 63.7 Å². The van der Waals surface area contributed by atoms with Gasteiger partial charge in [-0.1, -0.05) is 38.5 Å². The van der Waals surface area contributed by atoms with Crippen molar-refractivity contribution < 1.29 is 49.2 Å². The van der Waals surface area contributed by atoms with Gasteiger partial charge in [-0.15, -0.1) is 0 Å². The molecule has 1 aromatic rings. The second-order valence-electron chi connectivity index (χ2n) is 11.4. The van der Waals surface area contributed by atoms with Gasteiger partial charge in [0.15, 0.2) is 0 Å². The monoisotopic (exact) mass is 654 g/mol. The largest absolute Gasteiger partial charge is 0.481 e. The van der Waals surface area contributed by atoms with Crippen LogP contribution in [-0.4, -0.2) is 103 Å². The maximum absolute atomic E-state index is 12.1. The molecule has 0 radical (unpaired) electrons. The van der Waals surface area contributed by atoms with Gasteiger partial charge >= 0.3 is 29.9 Å². The van der Waals surface area contributed by atoms with Gasteiger partial charge in [-0.05, 0) is 52.1 Å². The number of aromatic nitrogens is 2. The first-order valence-electron chi connectivity index (χ1n) is 15.8. The Kier molecular flexibility index (Phi) is 20.1. The lowest BCUT2D eigenvalue weighted by Crippen LogP contribution is -2.51. The van der Waals surface area contributed by atoms with Crippen LogP contribution in [0.5, 0.6) is 0 Å². The zero-order valence-electron chi connectivity index (χ0n) is 26.6. The molecule has 2 unspecified atom stereocenters. The topological polar surface area (TPSA) is 240 Å². The number of imidazole rings is 1. The third kappa shape index (κ3) is 19.2. The minimum Gasteiger partial charge on any atom is -0.481 e. The lowest BCUT2D eigenvalue weighted by molar-refractivity contribution is -0.141. The van der Waals surface area contributed by atoms with Crippen molar-refractivity contribution >= 4 is 35.8 Å². The summed E-state index contributed by atoms with van der Waals surface area (Å²) >= 11 is 0. The Bertz CT molecular complexity index is 1110. The number of unbranched alkanes of at least 4 members (excludes halogenated alkanes) is 8. The molecule has 0 spiro atoms. The van der Waals surface area contributed by atoms with E-state index in [1.807, 2.05) is 7.05 Å². The second-order valence-corrected chi connectivity index (χ2v) is 11.4. The van der Waals surface area contributed by atoms with Gasteiger partial charge in [0.05, 0.1) is 6.54 Å². The summed E-state index contributed by atoms with van der Waals surface area (Å²) in [6, 6.07) is -3.74. The van der Waals surface area contributed by atoms with Crippen LogP contribution in [0, 0.1) is 0 Å². The van der Waals surface area contributed by atoms with Crippen LogP contribution in [0.15, 0.2) is 12.4 Å². The van der Waals surface area contributed by atoms with Crippen molar-refractivity contribution in [3.8, 4) is 0 Å². The fourth-order valence-corrected chi connectivity index (χ4v) is 4.76. The van der Waals surface area contributed by atoms with Gasteiger partial charge in [-0.3, -0.25) is 19.3 Å². The van der Waals surface area contributed by atoms with Crippen LogP contribution >= 0.6 is 0 Å². The van der Waals surface area contributed by atoms with Crippen molar-refractivity contribution in [2.75, 3.05) is 20.1 Å². The summed E-state index contributed by atoms with van der Waals surface area (Å²) in [6.45, 7) is 1.80. The van der Waals surface area contributed by atoms with Crippen LogP contribution in [0.4, 0.5) is 4.79 Å². The molecule has 3 amide bonds. The Morgan fingerprint density at radius 2 is 1.35 bits per heavy atom. The summed E-state index contributed by atoms with van der Waals surface area (Å²) in [5, 5.41) is 43.2. The molecular weight excluding hydrogens is 604 g/mol. The van der Waals surface area contributed by atoms with E-state index in [9.17, 15) is 33.9 Å². The van der Waals surface area contributed by atoms with Crippen LogP contribution in [0.25, 0.3) is 0 Å². The fraction of sp³-hybridized carbons (Fsp3) is 0.700. The van der Waals surface area contributed by atoms with E-state index in [4.69, 9.17) is 15.3 Å². The summed E-state index contributed by atoms with van der Waals surface area (Å²) in [5.74, 6) is -4.15. The molecule has 1 aromatic heterocycles. The maximum atomic E-state index is 12.1. The molecule has 2 atom stereocenters. The third-order valence-electron chi connectivity index (χ3n) is 7.31. The number of nitrogens with one attached hydrogen (secondary N) is 3. The van der Waals surface area contributed by atoms with Crippen LogP contribution in [-0.2, 0) is 37.1 Å². The quantitative estimate of drug-likeness (QED) is 0.0676. The Morgan fingerprint density at radius 1 is 0.761 bits per heavy atom. The molecule has 0 bridgehead atoms. The van der Waals surface area contributed by atoms with Crippen molar-refractivity contribution in [2.24, 2.45) is 0 Å². The molecule has 260 valence electrons. The molecule has 1 rings (SSSR count). The van der Waals surface area contributed by atoms with Gasteiger partial charge < -0.3 is 40.9 Å². The van der Waals surface area contributed by atoms with Crippen LogP contribution in [0.1, 0.15) is 95.7 Å². The first kappa shape index (κ1) is 39.8. The summed E-state index contributed by atoms with van der Waals surface area (Å²) in [7, 11) is 2.00. The number of carbonyl (C=O) groups is 6. The van der Waals surface area contributed by atoms with E-state index in [0.29, 0.717) is 32.4 Å². The number of urea groups is 1. The normalized spacial score (nSPS) is 12.3. The van der Waals surface area contributed by atoms with Crippen molar-refractivity contribution in [2.45, 2.75) is 115 Å². The summed E-state index contributed by atoms with van der Waals surface area (Å²) < 4.78 is 1.65. The molecule has 1 heterocycles. The van der Waals surface area contributed by atoms with Gasteiger partial charge in [0.1, 0.15) is 24.5 Å². The summed E-state index contributed by atoms with van der Waals surface area (Å²) in [6.07, 6.45) is 12.2. The van der Waals surface area contributed by atoms with Crippen LogP contribution < -0.4 is 16.0 Å². The maximum Gasteiger partial charge on any atom is 0.326 e. The predicted molar refractivity (Wildman–Crippen MR) is 166 cm³/mol. The molecular formula is C30H50N6O10. The van der Waals surface area contributed by atoms with Gasteiger partial charge in [0, 0.05) is 31.8 Å². The summed E-state index contributed by atoms with van der Waals surface area (Å²) in [5.41, 5.74) is 0. The van der Waals surface area contributed by atoms with E-state index < -0.39 is 48.4 Å². The van der Waals surface area contributed by atoms with Gasteiger partial charge in [0.2, 0.25) is 5.91 Å². The highest BCUT2D eigenvalue weighted by Gasteiger charge is 2.24. The Hall–Kier alpha value is -4.21. The fourth-order valence-electron chi connectivity index (χ4n) is 4.76. The standard InChI is InChI=1S/C30H50N6O10/c1-35(20-24-31-17-19-36(24)21-27(40)41)18-11-7-5-3-2-4-6-8-13-25(37)32-16-10-9-12-22(28(42)43)33-30(46)34-23(29(44)45)14-15-26(38)39/h17,19,22-23H,2-16,18,20-21H2,1H3,(H,32,37)(H,38,39)(H,40,41)(H,42,43)(H,44,45)(H2,33,34,46). The minimum absolute atomic E-state index is 0.0668. The van der Waals surface area contributed by atoms with Gasteiger partial charge in [0.25, 0.3) is 0 Å². The average molecular weight is 655 g/mol. The first-order valence-corrected chi connectivity index (χ1v) is 15.8. The first-order chi connectivity index (χ1) is 21.9. The Balaban J connectivity index is 2.06. The lowest BCUT2D eigenvalue weighted by atomic mass is 10.1. The van der Waals surface area contributed by atoms with Crippen LogP contribution in [0.3, 0.4) is 0 Å². The molecule has 46 heavy (non-hydrogen) atoms. The van der Waals surface area contributed by atoms with Crippen molar-refractivity contribution in [3.05, 3.63) is 18.2 Å². The predicted octanol–water partition coefficient (Wildman–Crippen LogP) is 2.27. The Morgan fingerprint density at radius 3 is 1.93 bits per heavy atom. The number of nitrogens with zero attached hydrogens (tertiary/aromatic N) is 3. The molecule has 0 aliphatic carbocycles. The highest BCUT2D eigenvalue weighted by atomic mass is 16.4. The van der Waals surface area contributed by atoms with Crippen molar-refractivity contribution in [1.82, 2.24) is 30.4 Å². The number of aliphatic carboxylic acids is 4. The zero-order chi connectivity index (χ0) is 34.3. The number of carboxylic acids is 4. The minimum atomic E-state index is -1.46. The van der Waals surface area contributed by atoms with E-state index >= 15 is 0 Å². The second kappa shape index (κ2) is 23.2. The Labute approximate surface area is 268 Å². The number of rotatable bonds is 27. The molecule has 0 saturated heterocycles. The third-order valence-corrected chi connectivity index (χ3v) is 7.31. The van der Waals surface area contributed by atoms with Crippen molar-refractivity contribution in [3.63, 3.8) is 0 Å². The number of amides is 3. The molecule has 0 fully saturated rings. The van der Waals surface area contributed by atoms with E-state index in [2.05, 4.69) is 25.8 Å². The number of hydrogen-bond donors (Lipinski definition) is 7. The van der Waals surface area contributed by atoms with Crippen molar-refractivity contribution in [1.29, 1.82) is 0 Å². The SMILES string of the molecule is CN(CCCCCCCCCCC(=O)NCCCCC(NC(=O)NC(CCC(=O)O)C(=O)O)C(=O)O)Cc1nccn1CC(=O)O. The van der Waals surface area contributed by atoms with E-state index in [1.54, 1.807) is 17.0 Å². The highest BCUT2D eigenvalue weighted by molar-refractivity contribution is 5.86. The molecule has 0 aliphatic heterocycles. The highest BCUT2D eigenvalue weighted by Crippen LogP contribution is 2.11. The molecule has 0 saturated carbocycles. The van der Waals surface area contributed by atoms with Crippen LogP contribution in [0.2, 0.25) is 0 Å². The number of carbonyl (C=O) groups excluding carboxylic acids is 2. The molecule has 7 N–H and O–H groups in total.